The topological polar surface area (TPSA) is 84.0 Å². The molecule has 1 aliphatic carbocycles. The Labute approximate surface area is 205 Å². The molecule has 2 aromatic rings. The Hall–Kier alpha value is -3.48. The van der Waals surface area contributed by atoms with E-state index < -0.39 is 11.9 Å². The molecule has 3 aliphatic rings. The van der Waals surface area contributed by atoms with Crippen molar-refractivity contribution in [3.05, 3.63) is 53.6 Å². The van der Waals surface area contributed by atoms with Crippen LogP contribution in [-0.2, 0) is 19.2 Å². The lowest BCUT2D eigenvalue weighted by atomic mass is 9.76. The zero-order valence-corrected chi connectivity index (χ0v) is 20.3. The van der Waals surface area contributed by atoms with Crippen LogP contribution in [0, 0.1) is 37.5 Å². The number of anilines is 2. The highest BCUT2D eigenvalue weighted by Crippen LogP contribution is 2.42. The van der Waals surface area contributed by atoms with Crippen molar-refractivity contribution in [2.45, 2.75) is 46.5 Å². The summed E-state index contributed by atoms with van der Waals surface area (Å²) in [6, 6.07) is 12.4. The maximum atomic E-state index is 12.9. The van der Waals surface area contributed by atoms with Gasteiger partial charge in [-0.3, -0.25) is 24.1 Å². The standard InChI is InChI=1S/C28H30N2O5/c1-16-4-9-23-24(13-16)27(33)30(26(23)32)20-5-7-22(8-6-20)35-28(34)19-14-25(31)29(15-19)21-11-17(2)10-18(3)12-21/h5-8,10-12,16,19,23-24H,4,9,13-15H2,1-3H3/t16-,19+,23-,24-/m0/s1. The van der Waals surface area contributed by atoms with E-state index in [4.69, 9.17) is 4.74 Å². The smallest absolute Gasteiger partial charge is 0.316 e. The molecule has 2 aromatic carbocycles. The van der Waals surface area contributed by atoms with Crippen molar-refractivity contribution in [1.82, 2.24) is 0 Å². The molecule has 0 radical (unpaired) electrons. The Morgan fingerprint density at radius 2 is 1.54 bits per heavy atom. The number of benzene rings is 2. The summed E-state index contributed by atoms with van der Waals surface area (Å²) in [7, 11) is 0. The fraction of sp³-hybridized carbons (Fsp3) is 0.429. The van der Waals surface area contributed by atoms with Crippen LogP contribution in [0.15, 0.2) is 42.5 Å². The van der Waals surface area contributed by atoms with Gasteiger partial charge in [0.15, 0.2) is 0 Å². The number of imide groups is 1. The predicted molar refractivity (Wildman–Crippen MR) is 131 cm³/mol. The number of rotatable bonds is 4. The summed E-state index contributed by atoms with van der Waals surface area (Å²) in [5.74, 6) is -1.08. The molecule has 0 unspecified atom stereocenters. The molecule has 2 heterocycles. The molecule has 2 aliphatic heterocycles. The van der Waals surface area contributed by atoms with E-state index in [0.29, 0.717) is 17.4 Å². The summed E-state index contributed by atoms with van der Waals surface area (Å²) in [6.07, 6.45) is 2.57. The number of hydrogen-bond donors (Lipinski definition) is 0. The number of carbonyl (C=O) groups is 4. The molecule has 3 amide bonds. The molecular weight excluding hydrogens is 444 g/mol. The predicted octanol–water partition coefficient (Wildman–Crippen LogP) is 4.19. The molecule has 2 saturated heterocycles. The van der Waals surface area contributed by atoms with Crippen LogP contribution in [0.3, 0.4) is 0 Å². The molecular formula is C28H30N2O5. The van der Waals surface area contributed by atoms with Gasteiger partial charge in [0.1, 0.15) is 5.75 Å². The van der Waals surface area contributed by atoms with Gasteiger partial charge in [-0.25, -0.2) is 0 Å². The zero-order chi connectivity index (χ0) is 24.9. The van der Waals surface area contributed by atoms with E-state index in [2.05, 4.69) is 6.92 Å². The number of amides is 3. The second-order valence-electron chi connectivity index (χ2n) is 10.3. The van der Waals surface area contributed by atoms with Crippen molar-refractivity contribution in [2.24, 2.45) is 23.7 Å². The minimum Gasteiger partial charge on any atom is -0.426 e. The van der Waals surface area contributed by atoms with Gasteiger partial charge in [-0.2, -0.15) is 0 Å². The van der Waals surface area contributed by atoms with E-state index in [1.165, 1.54) is 4.90 Å². The highest BCUT2D eigenvalue weighted by molar-refractivity contribution is 6.22. The summed E-state index contributed by atoms with van der Waals surface area (Å²) in [5, 5.41) is 0. The second kappa shape index (κ2) is 8.95. The number of fused-ring (bicyclic) bond motifs is 1. The van der Waals surface area contributed by atoms with Gasteiger partial charge in [0.05, 0.1) is 23.4 Å². The van der Waals surface area contributed by atoms with E-state index in [-0.39, 0.29) is 42.5 Å². The van der Waals surface area contributed by atoms with Crippen molar-refractivity contribution in [3.8, 4) is 5.75 Å². The van der Waals surface area contributed by atoms with Crippen LogP contribution in [0.4, 0.5) is 11.4 Å². The molecule has 1 saturated carbocycles. The Bertz CT molecular complexity index is 1180. The molecule has 7 heteroatoms. The van der Waals surface area contributed by atoms with Gasteiger partial charge in [-0.05, 0) is 86.6 Å². The van der Waals surface area contributed by atoms with Crippen LogP contribution < -0.4 is 14.5 Å². The molecule has 5 rings (SSSR count). The van der Waals surface area contributed by atoms with Gasteiger partial charge < -0.3 is 9.64 Å². The summed E-state index contributed by atoms with van der Waals surface area (Å²) < 4.78 is 5.55. The average molecular weight is 475 g/mol. The van der Waals surface area contributed by atoms with Crippen LogP contribution in [0.2, 0.25) is 0 Å². The van der Waals surface area contributed by atoms with E-state index in [1.807, 2.05) is 32.0 Å². The van der Waals surface area contributed by atoms with Gasteiger partial charge in [0, 0.05) is 18.7 Å². The Balaban J connectivity index is 1.25. The lowest BCUT2D eigenvalue weighted by molar-refractivity contribution is -0.139. The second-order valence-corrected chi connectivity index (χ2v) is 10.3. The zero-order valence-electron chi connectivity index (χ0n) is 20.3. The van der Waals surface area contributed by atoms with Gasteiger partial charge in [0.2, 0.25) is 17.7 Å². The summed E-state index contributed by atoms with van der Waals surface area (Å²) in [5.41, 5.74) is 3.41. The molecule has 0 N–H and O–H groups in total. The van der Waals surface area contributed by atoms with Crippen molar-refractivity contribution < 1.29 is 23.9 Å². The normalized spacial score (nSPS) is 26.3. The van der Waals surface area contributed by atoms with Gasteiger partial charge >= 0.3 is 5.97 Å². The van der Waals surface area contributed by atoms with Crippen LogP contribution in [0.5, 0.6) is 5.75 Å². The third kappa shape index (κ3) is 4.35. The van der Waals surface area contributed by atoms with Crippen molar-refractivity contribution >= 4 is 35.1 Å². The van der Waals surface area contributed by atoms with Gasteiger partial charge in [-0.1, -0.05) is 13.0 Å². The lowest BCUT2D eigenvalue weighted by Gasteiger charge is -2.25. The number of hydrogen-bond acceptors (Lipinski definition) is 5. The number of aryl methyl sites for hydroxylation is 2. The lowest BCUT2D eigenvalue weighted by Crippen LogP contribution is -2.30. The fourth-order valence-electron chi connectivity index (χ4n) is 5.73. The highest BCUT2D eigenvalue weighted by Gasteiger charge is 2.50. The van der Waals surface area contributed by atoms with E-state index in [1.54, 1.807) is 29.2 Å². The molecule has 0 spiro atoms. The summed E-state index contributed by atoms with van der Waals surface area (Å²) in [6.45, 7) is 6.35. The maximum Gasteiger partial charge on any atom is 0.316 e. The molecule has 7 nitrogen and oxygen atoms in total. The van der Waals surface area contributed by atoms with Gasteiger partial charge in [0.25, 0.3) is 0 Å². The molecule has 0 aromatic heterocycles. The molecule has 4 atom stereocenters. The number of carbonyl (C=O) groups excluding carboxylic acids is 4. The average Bonchev–Trinajstić information content (AvgIpc) is 3.31. The van der Waals surface area contributed by atoms with Crippen LogP contribution in [0.1, 0.15) is 43.7 Å². The quantitative estimate of drug-likeness (QED) is 0.377. The minimum atomic E-state index is -0.560. The van der Waals surface area contributed by atoms with Crippen LogP contribution in [0.25, 0.3) is 0 Å². The molecule has 35 heavy (non-hydrogen) atoms. The molecule has 0 bridgehead atoms. The number of esters is 1. The number of ether oxygens (including phenoxy) is 1. The third-order valence-electron chi connectivity index (χ3n) is 7.48. The van der Waals surface area contributed by atoms with Gasteiger partial charge in [-0.15, -0.1) is 0 Å². The van der Waals surface area contributed by atoms with Crippen molar-refractivity contribution in [3.63, 3.8) is 0 Å². The first-order valence-electron chi connectivity index (χ1n) is 12.3. The highest BCUT2D eigenvalue weighted by atomic mass is 16.5. The monoisotopic (exact) mass is 474 g/mol. The fourth-order valence-corrected chi connectivity index (χ4v) is 5.73. The SMILES string of the molecule is Cc1cc(C)cc(N2C[C@H](C(=O)Oc3ccc(N4C(=O)[C@H]5CC[C@H](C)C[C@@H]5C4=O)cc3)CC2=O)c1. The first kappa shape index (κ1) is 23.3. The Morgan fingerprint density at radius 1 is 0.886 bits per heavy atom. The maximum absolute atomic E-state index is 12.9. The van der Waals surface area contributed by atoms with E-state index in [0.717, 1.165) is 36.1 Å². The summed E-state index contributed by atoms with van der Waals surface area (Å²) >= 11 is 0. The van der Waals surface area contributed by atoms with E-state index in [9.17, 15) is 19.2 Å². The molecule has 3 fully saturated rings. The van der Waals surface area contributed by atoms with Crippen molar-refractivity contribution in [2.75, 3.05) is 16.3 Å². The first-order valence-corrected chi connectivity index (χ1v) is 12.3. The Kier molecular flexibility index (Phi) is 5.95. The third-order valence-corrected chi connectivity index (χ3v) is 7.48. The first-order chi connectivity index (χ1) is 16.7. The number of nitrogens with zero attached hydrogens (tertiary/aromatic N) is 2. The summed E-state index contributed by atoms with van der Waals surface area (Å²) in [4.78, 5) is 54.2. The van der Waals surface area contributed by atoms with Crippen LogP contribution >= 0.6 is 0 Å². The van der Waals surface area contributed by atoms with Crippen molar-refractivity contribution in [1.29, 1.82) is 0 Å². The molecule has 182 valence electrons. The largest absolute Gasteiger partial charge is 0.426 e. The minimum absolute atomic E-state index is 0.0991. The Morgan fingerprint density at radius 3 is 2.23 bits per heavy atom. The van der Waals surface area contributed by atoms with Crippen LogP contribution in [-0.4, -0.2) is 30.2 Å². The van der Waals surface area contributed by atoms with E-state index >= 15 is 0 Å².